The predicted octanol–water partition coefficient (Wildman–Crippen LogP) is 1.53. The Bertz CT molecular complexity index is 959. The molecule has 0 unspecified atom stereocenters. The standard InChI is InChI=1S/C19H20N2O6S/c1-28(25,26)20-10-17(18(22)23)21-19(24)27-11-16-14-8-4-2-6-12(14)13-7-3-5-9-15(13)16/h2-9,16-17,20H,10-11H2,1H3,(H,21,24)(H,22,23)/t17-/m0/s1. The van der Waals surface area contributed by atoms with Crippen molar-refractivity contribution in [1.82, 2.24) is 10.0 Å². The Hall–Kier alpha value is -2.91. The van der Waals surface area contributed by atoms with Gasteiger partial charge in [0.1, 0.15) is 12.6 Å². The first-order chi connectivity index (χ1) is 13.3. The van der Waals surface area contributed by atoms with Crippen LogP contribution in [0.1, 0.15) is 17.0 Å². The molecule has 2 aromatic carbocycles. The van der Waals surface area contributed by atoms with Crippen molar-refractivity contribution < 1.29 is 27.9 Å². The van der Waals surface area contributed by atoms with Crippen molar-refractivity contribution in [2.45, 2.75) is 12.0 Å². The van der Waals surface area contributed by atoms with E-state index in [2.05, 4.69) is 10.0 Å². The van der Waals surface area contributed by atoms with Crippen LogP contribution in [0, 0.1) is 0 Å². The first kappa shape index (κ1) is 19.8. The molecule has 0 saturated carbocycles. The summed E-state index contributed by atoms with van der Waals surface area (Å²) in [5.41, 5.74) is 4.22. The molecule has 0 spiro atoms. The second-order valence-electron chi connectivity index (χ2n) is 6.48. The number of hydrogen-bond donors (Lipinski definition) is 3. The van der Waals surface area contributed by atoms with E-state index < -0.39 is 34.7 Å². The number of rotatable bonds is 7. The van der Waals surface area contributed by atoms with Crippen molar-refractivity contribution in [3.63, 3.8) is 0 Å². The molecule has 0 heterocycles. The van der Waals surface area contributed by atoms with E-state index in [1.165, 1.54) is 0 Å². The van der Waals surface area contributed by atoms with Gasteiger partial charge in [0.05, 0.1) is 6.26 Å². The van der Waals surface area contributed by atoms with Crippen molar-refractivity contribution in [1.29, 1.82) is 0 Å². The lowest BCUT2D eigenvalue weighted by Crippen LogP contribution is -2.48. The van der Waals surface area contributed by atoms with E-state index in [1.54, 1.807) is 0 Å². The highest BCUT2D eigenvalue weighted by atomic mass is 32.2. The largest absolute Gasteiger partial charge is 0.480 e. The number of ether oxygens (including phenoxy) is 1. The number of carbonyl (C=O) groups excluding carboxylic acids is 1. The van der Waals surface area contributed by atoms with Gasteiger partial charge in [-0.2, -0.15) is 0 Å². The maximum atomic E-state index is 12.1. The van der Waals surface area contributed by atoms with Crippen LogP contribution in [0.25, 0.3) is 11.1 Å². The minimum absolute atomic E-state index is 0.0334. The van der Waals surface area contributed by atoms with Crippen LogP contribution in [0.5, 0.6) is 0 Å². The maximum Gasteiger partial charge on any atom is 0.407 e. The minimum Gasteiger partial charge on any atom is -0.480 e. The van der Waals surface area contributed by atoms with Crippen LogP contribution >= 0.6 is 0 Å². The third kappa shape index (κ3) is 4.49. The van der Waals surface area contributed by atoms with Gasteiger partial charge in [-0.1, -0.05) is 48.5 Å². The molecule has 1 atom stereocenters. The predicted molar refractivity (Wildman–Crippen MR) is 102 cm³/mol. The third-order valence-corrected chi connectivity index (χ3v) is 5.17. The average molecular weight is 404 g/mol. The van der Waals surface area contributed by atoms with Crippen LogP contribution in [0.15, 0.2) is 48.5 Å². The normalized spacial score (nSPS) is 14.0. The molecule has 0 saturated heterocycles. The molecular formula is C19H20N2O6S. The Kier molecular flexibility index (Phi) is 5.66. The number of fused-ring (bicyclic) bond motifs is 3. The Morgan fingerprint density at radius 2 is 1.61 bits per heavy atom. The van der Waals surface area contributed by atoms with Crippen LogP contribution in [0.2, 0.25) is 0 Å². The number of sulfonamides is 1. The average Bonchev–Trinajstić information content (AvgIpc) is 2.96. The molecule has 0 bridgehead atoms. The van der Waals surface area contributed by atoms with Crippen LogP contribution in [0.3, 0.4) is 0 Å². The van der Waals surface area contributed by atoms with Crippen LogP contribution < -0.4 is 10.0 Å². The summed E-state index contributed by atoms with van der Waals surface area (Å²) in [6.45, 7) is -0.440. The van der Waals surface area contributed by atoms with Gasteiger partial charge >= 0.3 is 12.1 Å². The molecule has 0 aliphatic heterocycles. The summed E-state index contributed by atoms with van der Waals surface area (Å²) in [5, 5.41) is 11.3. The van der Waals surface area contributed by atoms with Gasteiger partial charge in [-0.25, -0.2) is 22.7 Å². The van der Waals surface area contributed by atoms with E-state index in [4.69, 9.17) is 9.84 Å². The van der Waals surface area contributed by atoms with Crippen molar-refractivity contribution in [3.8, 4) is 11.1 Å². The molecule has 3 N–H and O–H groups in total. The Morgan fingerprint density at radius 3 is 2.11 bits per heavy atom. The Balaban J connectivity index is 1.66. The molecular weight excluding hydrogens is 384 g/mol. The van der Waals surface area contributed by atoms with Crippen molar-refractivity contribution >= 4 is 22.1 Å². The number of carbonyl (C=O) groups is 2. The number of carboxylic acid groups (broad SMARTS) is 1. The molecule has 1 amide bonds. The molecule has 28 heavy (non-hydrogen) atoms. The number of carboxylic acids is 1. The summed E-state index contributed by atoms with van der Waals surface area (Å²) < 4.78 is 29.6. The molecule has 148 valence electrons. The van der Waals surface area contributed by atoms with E-state index >= 15 is 0 Å². The number of aliphatic carboxylic acids is 1. The van der Waals surface area contributed by atoms with Gasteiger partial charge in [0.2, 0.25) is 10.0 Å². The fourth-order valence-electron chi connectivity index (χ4n) is 3.22. The fraction of sp³-hybridized carbons (Fsp3) is 0.263. The summed E-state index contributed by atoms with van der Waals surface area (Å²) in [6, 6.07) is 14.2. The van der Waals surface area contributed by atoms with Crippen molar-refractivity contribution in [2.24, 2.45) is 0 Å². The SMILES string of the molecule is CS(=O)(=O)NC[C@H](NC(=O)OCC1c2ccccc2-c2ccccc21)C(=O)O. The maximum absolute atomic E-state index is 12.1. The number of amides is 1. The fourth-order valence-corrected chi connectivity index (χ4v) is 3.69. The summed E-state index contributed by atoms with van der Waals surface area (Å²) in [5.74, 6) is -1.53. The second-order valence-corrected chi connectivity index (χ2v) is 8.31. The molecule has 0 aromatic heterocycles. The molecule has 9 heteroatoms. The van der Waals surface area contributed by atoms with Gasteiger partial charge in [-0.3, -0.25) is 0 Å². The summed E-state index contributed by atoms with van der Waals surface area (Å²) >= 11 is 0. The highest BCUT2D eigenvalue weighted by Gasteiger charge is 2.29. The smallest absolute Gasteiger partial charge is 0.407 e. The molecule has 8 nitrogen and oxygen atoms in total. The summed E-state index contributed by atoms with van der Waals surface area (Å²) in [7, 11) is -3.59. The zero-order valence-corrected chi connectivity index (χ0v) is 15.9. The highest BCUT2D eigenvalue weighted by Crippen LogP contribution is 2.44. The van der Waals surface area contributed by atoms with E-state index in [0.29, 0.717) is 0 Å². The van der Waals surface area contributed by atoms with Crippen LogP contribution in [-0.4, -0.2) is 51.0 Å². The minimum atomic E-state index is -3.59. The molecule has 0 radical (unpaired) electrons. The topological polar surface area (TPSA) is 122 Å². The lowest BCUT2D eigenvalue weighted by atomic mass is 9.98. The van der Waals surface area contributed by atoms with Gasteiger partial charge in [-0.05, 0) is 22.3 Å². The number of benzene rings is 2. The van der Waals surface area contributed by atoms with Crippen LogP contribution in [-0.2, 0) is 19.6 Å². The third-order valence-electron chi connectivity index (χ3n) is 4.48. The first-order valence-electron chi connectivity index (χ1n) is 8.55. The van der Waals surface area contributed by atoms with Crippen LogP contribution in [0.4, 0.5) is 4.79 Å². The van der Waals surface area contributed by atoms with E-state index in [-0.39, 0.29) is 12.5 Å². The molecule has 2 aromatic rings. The molecule has 3 rings (SSSR count). The van der Waals surface area contributed by atoms with Gasteiger partial charge in [-0.15, -0.1) is 0 Å². The molecule has 1 aliphatic carbocycles. The first-order valence-corrected chi connectivity index (χ1v) is 10.4. The zero-order valence-electron chi connectivity index (χ0n) is 15.1. The van der Waals surface area contributed by atoms with E-state index in [1.807, 2.05) is 48.5 Å². The Labute approximate surface area is 162 Å². The molecule has 1 aliphatic rings. The monoisotopic (exact) mass is 404 g/mol. The van der Waals surface area contributed by atoms with Gasteiger partial charge in [0.15, 0.2) is 0 Å². The summed E-state index contributed by atoms with van der Waals surface area (Å²) in [6.07, 6.45) is -0.0243. The van der Waals surface area contributed by atoms with E-state index in [9.17, 15) is 18.0 Å². The number of hydrogen-bond acceptors (Lipinski definition) is 5. The van der Waals surface area contributed by atoms with Crippen molar-refractivity contribution in [2.75, 3.05) is 19.4 Å². The van der Waals surface area contributed by atoms with Gasteiger partial charge in [0, 0.05) is 12.5 Å². The molecule has 0 fully saturated rings. The second kappa shape index (κ2) is 7.99. The number of alkyl carbamates (subject to hydrolysis) is 1. The van der Waals surface area contributed by atoms with Crippen molar-refractivity contribution in [3.05, 3.63) is 59.7 Å². The number of nitrogens with one attached hydrogen (secondary N) is 2. The Morgan fingerprint density at radius 1 is 1.07 bits per heavy atom. The lowest BCUT2D eigenvalue weighted by Gasteiger charge is -2.17. The lowest BCUT2D eigenvalue weighted by molar-refractivity contribution is -0.139. The highest BCUT2D eigenvalue weighted by molar-refractivity contribution is 7.88. The van der Waals surface area contributed by atoms with Gasteiger partial charge < -0.3 is 15.2 Å². The quantitative estimate of drug-likeness (QED) is 0.643. The zero-order chi connectivity index (χ0) is 20.3. The summed E-state index contributed by atoms with van der Waals surface area (Å²) in [4.78, 5) is 23.3. The van der Waals surface area contributed by atoms with E-state index in [0.717, 1.165) is 28.5 Å². The van der Waals surface area contributed by atoms with Gasteiger partial charge in [0.25, 0.3) is 0 Å².